The highest BCUT2D eigenvalue weighted by molar-refractivity contribution is 7.89. The van der Waals surface area contributed by atoms with E-state index in [4.69, 9.17) is 4.42 Å². The number of furan rings is 1. The molecule has 2 N–H and O–H groups in total. The van der Waals surface area contributed by atoms with Gasteiger partial charge < -0.3 is 4.42 Å². The van der Waals surface area contributed by atoms with Crippen LogP contribution in [-0.4, -0.2) is 37.3 Å². The lowest BCUT2D eigenvalue weighted by Gasteiger charge is -2.34. The zero-order chi connectivity index (χ0) is 23.4. The molecule has 10 heteroatoms. The Balaban J connectivity index is 1.33. The number of amides is 1. The monoisotopic (exact) mass is 488 g/mol. The predicted octanol–water partition coefficient (Wildman–Crippen LogP) is 3.94. The molecular weight excluding hydrogens is 460 g/mol. The van der Waals surface area contributed by atoms with E-state index < -0.39 is 10.0 Å². The molecule has 2 atom stereocenters. The van der Waals surface area contributed by atoms with Gasteiger partial charge in [-0.1, -0.05) is 13.8 Å². The third-order valence-electron chi connectivity index (χ3n) is 5.55. The summed E-state index contributed by atoms with van der Waals surface area (Å²) >= 11 is 1.39. The Bertz CT molecular complexity index is 1160. The van der Waals surface area contributed by atoms with Gasteiger partial charge in [0.2, 0.25) is 10.0 Å². The first-order valence-electron chi connectivity index (χ1n) is 10.9. The highest BCUT2D eigenvalue weighted by Crippen LogP contribution is 2.24. The van der Waals surface area contributed by atoms with E-state index in [1.807, 2.05) is 5.38 Å². The molecule has 1 amide bonds. The number of carbonyl (C=O) groups excluding carboxylic acids is 1. The lowest BCUT2D eigenvalue weighted by atomic mass is 9.92. The molecular formula is C23H28N4O4S2. The quantitative estimate of drug-likeness (QED) is 0.498. The smallest absolute Gasteiger partial charge is 0.257 e. The second kappa shape index (κ2) is 10.2. The predicted molar refractivity (Wildman–Crippen MR) is 127 cm³/mol. The lowest BCUT2D eigenvalue weighted by molar-refractivity contribution is 0.102. The molecule has 176 valence electrons. The maximum Gasteiger partial charge on any atom is 0.257 e. The van der Waals surface area contributed by atoms with E-state index in [0.717, 1.165) is 25.3 Å². The molecule has 1 aliphatic heterocycles. The minimum absolute atomic E-state index is 0.0548. The third-order valence-corrected chi connectivity index (χ3v) is 7.77. The van der Waals surface area contributed by atoms with Crippen molar-refractivity contribution < 1.29 is 17.6 Å². The zero-order valence-electron chi connectivity index (χ0n) is 18.7. The van der Waals surface area contributed by atoms with Crippen LogP contribution in [0.25, 0.3) is 0 Å². The van der Waals surface area contributed by atoms with E-state index in [9.17, 15) is 13.2 Å². The van der Waals surface area contributed by atoms with Crippen molar-refractivity contribution in [3.63, 3.8) is 0 Å². The van der Waals surface area contributed by atoms with E-state index >= 15 is 0 Å². The maximum atomic E-state index is 12.6. The van der Waals surface area contributed by atoms with E-state index in [0.29, 0.717) is 28.3 Å². The van der Waals surface area contributed by atoms with Gasteiger partial charge >= 0.3 is 0 Å². The van der Waals surface area contributed by atoms with E-state index in [2.05, 4.69) is 33.8 Å². The zero-order valence-corrected chi connectivity index (χ0v) is 20.3. The van der Waals surface area contributed by atoms with Crippen LogP contribution < -0.4 is 10.0 Å². The van der Waals surface area contributed by atoms with Gasteiger partial charge in [-0.05, 0) is 54.7 Å². The van der Waals surface area contributed by atoms with Crippen molar-refractivity contribution in [2.45, 2.75) is 38.3 Å². The van der Waals surface area contributed by atoms with E-state index in [1.165, 1.54) is 48.3 Å². The minimum Gasteiger partial charge on any atom is -0.468 e. The average molecular weight is 489 g/mol. The van der Waals surface area contributed by atoms with Crippen LogP contribution in [0.2, 0.25) is 0 Å². The summed E-state index contributed by atoms with van der Waals surface area (Å²) in [4.78, 5) is 19.7. The molecule has 1 saturated heterocycles. The van der Waals surface area contributed by atoms with Crippen LogP contribution in [0, 0.1) is 11.8 Å². The number of benzene rings is 1. The van der Waals surface area contributed by atoms with Gasteiger partial charge in [0.15, 0.2) is 5.13 Å². The van der Waals surface area contributed by atoms with E-state index in [-0.39, 0.29) is 17.3 Å². The topological polar surface area (TPSA) is 105 Å². The summed E-state index contributed by atoms with van der Waals surface area (Å²) in [6.07, 6.45) is 2.74. The van der Waals surface area contributed by atoms with Crippen molar-refractivity contribution >= 4 is 32.4 Å². The Morgan fingerprint density at radius 1 is 1.18 bits per heavy atom. The molecule has 2 unspecified atom stereocenters. The Labute approximate surface area is 198 Å². The molecule has 4 rings (SSSR count). The second-order valence-electron chi connectivity index (χ2n) is 8.67. The number of aromatic nitrogens is 1. The molecule has 3 heterocycles. The highest BCUT2D eigenvalue weighted by Gasteiger charge is 2.22. The third kappa shape index (κ3) is 6.29. The normalized spacial score (nSPS) is 19.5. The van der Waals surface area contributed by atoms with Crippen molar-refractivity contribution in [1.82, 2.24) is 14.6 Å². The van der Waals surface area contributed by atoms with Crippen LogP contribution in [0.4, 0.5) is 5.13 Å². The molecule has 0 bridgehead atoms. The number of nitrogens with zero attached hydrogens (tertiary/aromatic N) is 2. The van der Waals surface area contributed by atoms with Crippen molar-refractivity contribution in [3.8, 4) is 0 Å². The van der Waals surface area contributed by atoms with Crippen molar-refractivity contribution in [3.05, 3.63) is 65.1 Å². The molecule has 0 aliphatic carbocycles. The number of rotatable bonds is 8. The molecule has 1 aromatic carbocycles. The fraction of sp³-hybridized carbons (Fsp3) is 0.391. The lowest BCUT2D eigenvalue weighted by Crippen LogP contribution is -2.38. The fourth-order valence-corrected chi connectivity index (χ4v) is 5.89. The van der Waals surface area contributed by atoms with Crippen molar-refractivity contribution in [2.24, 2.45) is 11.8 Å². The molecule has 8 nitrogen and oxygen atoms in total. The Hall–Kier alpha value is -2.53. The standard InChI is InChI=1S/C23H28N4O4S2/c1-16-10-17(2)13-27(12-16)14-19-15-32-23(25-19)26-22(28)18-5-7-21(8-6-18)33(29,30)24-11-20-4-3-9-31-20/h3-9,15-17,24H,10-14H2,1-2H3,(H,25,26,28). The fourth-order valence-electron chi connectivity index (χ4n) is 4.20. The average Bonchev–Trinajstić information content (AvgIpc) is 3.44. The molecule has 33 heavy (non-hydrogen) atoms. The number of thiazole rings is 1. The first-order valence-corrected chi connectivity index (χ1v) is 13.2. The van der Waals surface area contributed by atoms with Crippen LogP contribution in [0.1, 0.15) is 42.1 Å². The summed E-state index contributed by atoms with van der Waals surface area (Å²) in [6.45, 7) is 7.52. The van der Waals surface area contributed by atoms with Gasteiger partial charge in [-0.3, -0.25) is 15.0 Å². The number of nitrogens with one attached hydrogen (secondary N) is 2. The molecule has 0 spiro atoms. The molecule has 0 saturated carbocycles. The number of carbonyl (C=O) groups is 1. The Morgan fingerprint density at radius 2 is 1.91 bits per heavy atom. The number of likely N-dealkylation sites (tertiary alicyclic amines) is 1. The second-order valence-corrected chi connectivity index (χ2v) is 11.3. The molecule has 1 aliphatic rings. The van der Waals surface area contributed by atoms with Gasteiger partial charge in [0.05, 0.1) is 23.4 Å². The SMILES string of the molecule is CC1CC(C)CN(Cc2csc(NC(=O)c3ccc(S(=O)(=O)NCc4ccco4)cc3)n2)C1. The van der Waals surface area contributed by atoms with Crippen molar-refractivity contribution in [2.75, 3.05) is 18.4 Å². The molecule has 1 fully saturated rings. The van der Waals surface area contributed by atoms with Gasteiger partial charge in [0, 0.05) is 30.6 Å². The van der Waals surface area contributed by atoms with Gasteiger partial charge in [-0.15, -0.1) is 11.3 Å². The molecule has 0 radical (unpaired) electrons. The van der Waals surface area contributed by atoms with E-state index in [1.54, 1.807) is 12.1 Å². The molecule has 3 aromatic rings. The maximum absolute atomic E-state index is 12.6. The number of anilines is 1. The first kappa shape index (κ1) is 23.6. The first-order chi connectivity index (χ1) is 15.8. The minimum atomic E-state index is -3.71. The Morgan fingerprint density at radius 3 is 2.58 bits per heavy atom. The van der Waals surface area contributed by atoms with Crippen LogP contribution in [0.3, 0.4) is 0 Å². The van der Waals surface area contributed by atoms with Crippen LogP contribution in [0.15, 0.2) is 57.4 Å². The molecule has 2 aromatic heterocycles. The van der Waals surface area contributed by atoms with Gasteiger partial charge in [0.1, 0.15) is 5.76 Å². The van der Waals surface area contributed by atoms with Gasteiger partial charge in [-0.2, -0.15) is 0 Å². The largest absolute Gasteiger partial charge is 0.468 e. The highest BCUT2D eigenvalue weighted by atomic mass is 32.2. The van der Waals surface area contributed by atoms with Crippen LogP contribution >= 0.6 is 11.3 Å². The summed E-state index contributed by atoms with van der Waals surface area (Å²) in [5.74, 6) is 1.54. The number of hydrogen-bond donors (Lipinski definition) is 2. The summed E-state index contributed by atoms with van der Waals surface area (Å²) < 4.78 is 32.5. The van der Waals surface area contributed by atoms with Crippen molar-refractivity contribution in [1.29, 1.82) is 0 Å². The summed E-state index contributed by atoms with van der Waals surface area (Å²) in [5.41, 5.74) is 1.30. The Kier molecular flexibility index (Phi) is 7.28. The number of piperidine rings is 1. The summed E-state index contributed by atoms with van der Waals surface area (Å²) in [5, 5.41) is 5.31. The van der Waals surface area contributed by atoms with Crippen LogP contribution in [-0.2, 0) is 23.1 Å². The summed E-state index contributed by atoms with van der Waals surface area (Å²) in [7, 11) is -3.71. The number of sulfonamides is 1. The number of hydrogen-bond acceptors (Lipinski definition) is 7. The van der Waals surface area contributed by atoms with Gasteiger partial charge in [0.25, 0.3) is 5.91 Å². The van der Waals surface area contributed by atoms with Crippen LogP contribution in [0.5, 0.6) is 0 Å². The van der Waals surface area contributed by atoms with Gasteiger partial charge in [-0.25, -0.2) is 18.1 Å². The summed E-state index contributed by atoms with van der Waals surface area (Å²) in [6, 6.07) is 9.17.